The molecular formula is C11H16O2S2. The van der Waals surface area contributed by atoms with Crippen LogP contribution in [0.4, 0.5) is 0 Å². The number of hydrogen-bond acceptors (Lipinski definition) is 2. The van der Waals surface area contributed by atoms with Crippen molar-refractivity contribution in [3.05, 3.63) is 30.3 Å². The van der Waals surface area contributed by atoms with Crippen LogP contribution in [-0.2, 0) is 21.6 Å². The molecule has 0 aliphatic rings. The van der Waals surface area contributed by atoms with Crippen molar-refractivity contribution in [1.82, 2.24) is 0 Å². The van der Waals surface area contributed by atoms with Gasteiger partial charge in [0.15, 0.2) is 0 Å². The largest absolute Gasteiger partial charge is 0.259 e. The quantitative estimate of drug-likeness (QED) is 0.769. The van der Waals surface area contributed by atoms with E-state index < -0.39 is 21.6 Å². The fourth-order valence-electron chi connectivity index (χ4n) is 1.12. The minimum atomic E-state index is -1.12. The van der Waals surface area contributed by atoms with Crippen LogP contribution >= 0.6 is 0 Å². The van der Waals surface area contributed by atoms with Gasteiger partial charge in [0.1, 0.15) is 5.08 Å². The second kappa shape index (κ2) is 6.90. The monoisotopic (exact) mass is 244 g/mol. The van der Waals surface area contributed by atoms with E-state index >= 15 is 0 Å². The summed E-state index contributed by atoms with van der Waals surface area (Å²) >= 11 is 0. The highest BCUT2D eigenvalue weighted by Crippen LogP contribution is 2.07. The smallest absolute Gasteiger partial charge is 0.104 e. The summed E-state index contributed by atoms with van der Waals surface area (Å²) in [6.07, 6.45) is 1.97. The van der Waals surface area contributed by atoms with Crippen molar-refractivity contribution in [3.8, 4) is 0 Å². The molecule has 0 radical (unpaired) electrons. The van der Waals surface area contributed by atoms with E-state index in [-0.39, 0.29) is 5.08 Å². The van der Waals surface area contributed by atoms with Crippen molar-refractivity contribution >= 4 is 21.6 Å². The molecule has 84 valence electrons. The lowest BCUT2D eigenvalue weighted by atomic mass is 10.4. The summed E-state index contributed by atoms with van der Waals surface area (Å²) in [5, 5.41) is 0.268. The van der Waals surface area contributed by atoms with Gasteiger partial charge in [0.2, 0.25) is 0 Å². The van der Waals surface area contributed by atoms with Gasteiger partial charge >= 0.3 is 0 Å². The summed E-state index contributed by atoms with van der Waals surface area (Å²) in [6.45, 7) is 2.06. The Morgan fingerprint density at radius 3 is 2.40 bits per heavy atom. The lowest BCUT2D eigenvalue weighted by Crippen LogP contribution is -2.08. The molecule has 0 aromatic heterocycles. The first-order valence-corrected chi connectivity index (χ1v) is 7.83. The van der Waals surface area contributed by atoms with E-state index in [1.165, 1.54) is 0 Å². The van der Waals surface area contributed by atoms with Crippen molar-refractivity contribution in [3.63, 3.8) is 0 Å². The van der Waals surface area contributed by atoms with Crippen molar-refractivity contribution in [2.24, 2.45) is 0 Å². The van der Waals surface area contributed by atoms with Gasteiger partial charge in [0, 0.05) is 21.4 Å². The van der Waals surface area contributed by atoms with Gasteiger partial charge in [-0.1, -0.05) is 31.5 Å². The third kappa shape index (κ3) is 4.71. The molecule has 2 nitrogen and oxygen atoms in total. The predicted octanol–water partition coefficient (Wildman–Crippen LogP) is 2.30. The lowest BCUT2D eigenvalue weighted by molar-refractivity contribution is 0.677. The van der Waals surface area contributed by atoms with Crippen LogP contribution < -0.4 is 0 Å². The van der Waals surface area contributed by atoms with Crippen LogP contribution in [0.25, 0.3) is 0 Å². The molecule has 0 unspecified atom stereocenters. The first-order valence-electron chi connectivity index (χ1n) is 5.02. The van der Waals surface area contributed by atoms with Crippen LogP contribution in [0.1, 0.15) is 19.8 Å². The Morgan fingerprint density at radius 1 is 1.13 bits per heavy atom. The Labute approximate surface area is 96.0 Å². The molecule has 0 heterocycles. The molecule has 0 aliphatic heterocycles. The zero-order chi connectivity index (χ0) is 11.1. The van der Waals surface area contributed by atoms with E-state index in [1.807, 2.05) is 30.3 Å². The average Bonchev–Trinajstić information content (AvgIpc) is 2.27. The van der Waals surface area contributed by atoms with Crippen LogP contribution in [-0.4, -0.2) is 19.3 Å². The summed E-state index contributed by atoms with van der Waals surface area (Å²) < 4.78 is 23.2. The molecule has 1 aromatic carbocycles. The van der Waals surface area contributed by atoms with Crippen molar-refractivity contribution in [1.29, 1.82) is 0 Å². The highest BCUT2D eigenvalue weighted by atomic mass is 32.2. The van der Waals surface area contributed by atoms with Crippen molar-refractivity contribution in [2.75, 3.05) is 10.8 Å². The highest BCUT2D eigenvalue weighted by molar-refractivity contribution is 8.01. The fourth-order valence-corrected chi connectivity index (χ4v) is 4.17. The van der Waals surface area contributed by atoms with Gasteiger partial charge < -0.3 is 0 Å². The van der Waals surface area contributed by atoms with Crippen LogP contribution in [0.2, 0.25) is 0 Å². The van der Waals surface area contributed by atoms with E-state index in [0.29, 0.717) is 5.75 Å². The van der Waals surface area contributed by atoms with Gasteiger partial charge in [0.25, 0.3) is 0 Å². The number of benzene rings is 1. The Bertz CT molecular complexity index is 336. The normalized spacial score (nSPS) is 14.7. The molecule has 15 heavy (non-hydrogen) atoms. The molecule has 0 aliphatic carbocycles. The van der Waals surface area contributed by atoms with Gasteiger partial charge in [-0.25, -0.2) is 0 Å². The number of rotatable bonds is 6. The van der Waals surface area contributed by atoms with E-state index in [2.05, 4.69) is 6.92 Å². The maximum atomic E-state index is 11.7. The zero-order valence-corrected chi connectivity index (χ0v) is 10.5. The van der Waals surface area contributed by atoms with Crippen molar-refractivity contribution in [2.45, 2.75) is 24.7 Å². The standard InChI is InChI=1S/C11H16O2S2/c1-2-3-9-14(12)10-15(13)11-7-5-4-6-8-11/h4-8H,2-3,9-10H2,1H3/t14-,15-/m0/s1. The zero-order valence-electron chi connectivity index (χ0n) is 8.85. The Balaban J connectivity index is 2.46. The second-order valence-electron chi connectivity index (χ2n) is 3.27. The van der Waals surface area contributed by atoms with Gasteiger partial charge in [-0.05, 0) is 18.6 Å². The summed E-state index contributed by atoms with van der Waals surface area (Å²) in [7, 11) is -2.07. The molecule has 0 fully saturated rings. The molecule has 0 saturated carbocycles. The second-order valence-corrected chi connectivity index (χ2v) is 6.67. The third-order valence-electron chi connectivity index (χ3n) is 1.97. The van der Waals surface area contributed by atoms with Crippen LogP contribution in [0.15, 0.2) is 35.2 Å². The van der Waals surface area contributed by atoms with E-state index in [9.17, 15) is 8.42 Å². The minimum Gasteiger partial charge on any atom is -0.259 e. The SMILES string of the molecule is CCCC[S@](=O)C[S@](=O)c1ccccc1. The molecule has 0 N–H and O–H groups in total. The lowest BCUT2D eigenvalue weighted by Gasteiger charge is -2.01. The molecule has 0 saturated heterocycles. The molecule has 1 rings (SSSR count). The molecule has 0 amide bonds. The third-order valence-corrected chi connectivity index (χ3v) is 5.42. The fraction of sp³-hybridized carbons (Fsp3) is 0.455. The van der Waals surface area contributed by atoms with Crippen LogP contribution in [0.5, 0.6) is 0 Å². The molecule has 0 spiro atoms. The van der Waals surface area contributed by atoms with Crippen LogP contribution in [0.3, 0.4) is 0 Å². The Hall–Kier alpha value is -0.480. The first-order chi connectivity index (χ1) is 7.24. The number of unbranched alkanes of at least 4 members (excludes halogenated alkanes) is 1. The maximum Gasteiger partial charge on any atom is 0.104 e. The maximum absolute atomic E-state index is 11.7. The number of hydrogen-bond donors (Lipinski definition) is 0. The molecule has 4 heteroatoms. The van der Waals surface area contributed by atoms with Crippen LogP contribution in [0, 0.1) is 0 Å². The molecule has 0 bridgehead atoms. The molecule has 2 atom stereocenters. The minimum absolute atomic E-state index is 0.268. The first kappa shape index (κ1) is 12.6. The Morgan fingerprint density at radius 2 is 1.80 bits per heavy atom. The summed E-state index contributed by atoms with van der Waals surface area (Å²) in [4.78, 5) is 0.766. The average molecular weight is 244 g/mol. The topological polar surface area (TPSA) is 34.1 Å². The van der Waals surface area contributed by atoms with Crippen molar-refractivity contribution < 1.29 is 8.42 Å². The molecular weight excluding hydrogens is 228 g/mol. The summed E-state index contributed by atoms with van der Waals surface area (Å²) in [5.41, 5.74) is 0. The molecule has 1 aromatic rings. The highest BCUT2D eigenvalue weighted by Gasteiger charge is 2.07. The predicted molar refractivity (Wildman–Crippen MR) is 65.6 cm³/mol. The van der Waals surface area contributed by atoms with Gasteiger partial charge in [-0.15, -0.1) is 0 Å². The summed E-state index contributed by atoms with van der Waals surface area (Å²) in [6, 6.07) is 9.21. The van der Waals surface area contributed by atoms with E-state index in [4.69, 9.17) is 0 Å². The Kier molecular flexibility index (Phi) is 5.79. The van der Waals surface area contributed by atoms with E-state index in [0.717, 1.165) is 17.7 Å². The van der Waals surface area contributed by atoms with Gasteiger partial charge in [-0.3, -0.25) is 8.42 Å². The summed E-state index contributed by atoms with van der Waals surface area (Å²) in [5.74, 6) is 0.662. The van der Waals surface area contributed by atoms with Gasteiger partial charge in [-0.2, -0.15) is 0 Å². The van der Waals surface area contributed by atoms with E-state index in [1.54, 1.807) is 0 Å². The van der Waals surface area contributed by atoms with Gasteiger partial charge in [0.05, 0.1) is 10.8 Å².